The van der Waals surface area contributed by atoms with Gasteiger partial charge < -0.3 is 15.5 Å². The van der Waals surface area contributed by atoms with Gasteiger partial charge in [0.05, 0.1) is 13.2 Å². The van der Waals surface area contributed by atoms with Gasteiger partial charge in [-0.05, 0) is 38.8 Å². The Labute approximate surface area is 175 Å². The molecular formula is C24H35N3O2. The fourth-order valence-electron chi connectivity index (χ4n) is 2.44. The maximum absolute atomic E-state index is 9.32. The van der Waals surface area contributed by atoms with Crippen molar-refractivity contribution in [1.82, 2.24) is 10.2 Å². The van der Waals surface area contributed by atoms with Crippen molar-refractivity contribution in [2.45, 2.75) is 51.9 Å². The lowest BCUT2D eigenvalue weighted by atomic mass is 10.0. The van der Waals surface area contributed by atoms with Crippen LogP contribution >= 0.6 is 0 Å². The minimum absolute atomic E-state index is 0.0509. The fraction of sp³-hybridized carbons (Fsp3) is 0.458. The summed E-state index contributed by atoms with van der Waals surface area (Å²) < 4.78 is 0. The van der Waals surface area contributed by atoms with Gasteiger partial charge in [0.1, 0.15) is 0 Å². The van der Waals surface area contributed by atoms with Crippen molar-refractivity contribution in [3.05, 3.63) is 83.2 Å². The van der Waals surface area contributed by atoms with Gasteiger partial charge in [0.15, 0.2) is 0 Å². The second-order valence-corrected chi connectivity index (χ2v) is 8.33. The monoisotopic (exact) mass is 397 g/mol. The average molecular weight is 398 g/mol. The van der Waals surface area contributed by atoms with E-state index >= 15 is 0 Å². The number of rotatable bonds is 9. The topological polar surface area (TPSA) is 60.1 Å². The van der Waals surface area contributed by atoms with Gasteiger partial charge in [-0.15, -0.1) is 0 Å². The Kier molecular flexibility index (Phi) is 10.6. The van der Waals surface area contributed by atoms with Gasteiger partial charge in [-0.25, -0.2) is 11.5 Å². The Morgan fingerprint density at radius 2 is 1.38 bits per heavy atom. The molecule has 0 saturated carbocycles. The van der Waals surface area contributed by atoms with Crippen LogP contribution in [0, 0.1) is 6.57 Å². The average Bonchev–Trinajstić information content (AvgIpc) is 2.74. The highest BCUT2D eigenvalue weighted by atomic mass is 16.3. The third-order valence-electron chi connectivity index (χ3n) is 4.71. The lowest BCUT2D eigenvalue weighted by molar-refractivity contribution is 0.0601. The number of nitrogens with zero attached hydrogens (tertiary/aromatic N) is 2. The second kappa shape index (κ2) is 12.4. The summed E-state index contributed by atoms with van der Waals surface area (Å²) in [5, 5.41) is 21.6. The summed E-state index contributed by atoms with van der Waals surface area (Å²) in [7, 11) is 0. The third-order valence-corrected chi connectivity index (χ3v) is 4.71. The van der Waals surface area contributed by atoms with Crippen LogP contribution in [0.3, 0.4) is 0 Å². The molecule has 0 amide bonds. The first-order chi connectivity index (χ1) is 13.7. The van der Waals surface area contributed by atoms with E-state index in [-0.39, 0.29) is 24.3 Å². The lowest BCUT2D eigenvalue weighted by Crippen LogP contribution is -2.46. The summed E-state index contributed by atoms with van der Waals surface area (Å²) in [6, 6.07) is 20.2. The predicted octanol–water partition coefficient (Wildman–Crippen LogP) is 3.68. The number of aliphatic hydroxyl groups is 2. The Bertz CT molecular complexity index is 725. The van der Waals surface area contributed by atoms with Gasteiger partial charge in [-0.3, -0.25) is 4.85 Å². The summed E-state index contributed by atoms with van der Waals surface area (Å²) in [6.45, 7) is 16.8. The van der Waals surface area contributed by atoms with E-state index < -0.39 is 0 Å². The van der Waals surface area contributed by atoms with Crippen molar-refractivity contribution < 1.29 is 10.2 Å². The van der Waals surface area contributed by atoms with E-state index in [1.807, 2.05) is 81.1 Å². The van der Waals surface area contributed by atoms with Crippen LogP contribution in [0.25, 0.3) is 4.85 Å². The molecule has 0 radical (unpaired) electrons. The molecule has 0 spiro atoms. The quantitative estimate of drug-likeness (QED) is 0.565. The molecule has 5 nitrogen and oxygen atoms in total. The van der Waals surface area contributed by atoms with Crippen molar-refractivity contribution in [1.29, 1.82) is 0 Å². The highest BCUT2D eigenvalue weighted by Gasteiger charge is 2.27. The van der Waals surface area contributed by atoms with E-state index in [2.05, 4.69) is 22.3 Å². The van der Waals surface area contributed by atoms with Gasteiger partial charge in [0.2, 0.25) is 0 Å². The number of hydrogen-bond donors (Lipinski definition) is 3. The van der Waals surface area contributed by atoms with Gasteiger partial charge in [-0.1, -0.05) is 60.7 Å². The van der Waals surface area contributed by atoms with Gasteiger partial charge in [0.25, 0.3) is 6.67 Å². The van der Waals surface area contributed by atoms with Gasteiger partial charge >= 0.3 is 0 Å². The maximum Gasteiger partial charge on any atom is 0.271 e. The molecule has 0 aliphatic carbocycles. The third kappa shape index (κ3) is 9.69. The summed E-state index contributed by atoms with van der Waals surface area (Å²) in [4.78, 5) is 5.39. The maximum atomic E-state index is 9.32. The van der Waals surface area contributed by atoms with Crippen LogP contribution in [0.1, 0.15) is 38.8 Å². The minimum atomic E-state index is -0.361. The van der Waals surface area contributed by atoms with Crippen LogP contribution in [0.15, 0.2) is 60.7 Å². The van der Waals surface area contributed by atoms with E-state index in [1.54, 1.807) is 0 Å². The Morgan fingerprint density at radius 3 is 1.83 bits per heavy atom. The number of aliphatic hydroxyl groups excluding tert-OH is 2. The fourth-order valence-corrected chi connectivity index (χ4v) is 2.44. The highest BCUT2D eigenvalue weighted by molar-refractivity contribution is 5.15. The molecule has 0 aliphatic heterocycles. The van der Waals surface area contributed by atoms with E-state index in [4.69, 9.17) is 11.7 Å². The number of hydrogen-bond acceptors (Lipinski definition) is 4. The van der Waals surface area contributed by atoms with Gasteiger partial charge in [-0.2, -0.15) is 0 Å². The Balaban J connectivity index is 0.000000296. The smallest absolute Gasteiger partial charge is 0.271 e. The molecule has 3 N–H and O–H groups in total. The van der Waals surface area contributed by atoms with Crippen LogP contribution in [-0.4, -0.2) is 46.1 Å². The van der Waals surface area contributed by atoms with E-state index in [1.165, 1.54) is 5.56 Å². The molecule has 0 aliphatic rings. The SMILES string of the molecule is CC(C)(CO)NCc1ccccc1.[C-]#[N+]CN(Cc1ccccc1)C(C)(C)CO. The second-order valence-electron chi connectivity index (χ2n) is 8.33. The molecule has 158 valence electrons. The first-order valence-corrected chi connectivity index (χ1v) is 9.87. The Hall–Kier alpha value is -2.23. The van der Waals surface area contributed by atoms with E-state index in [9.17, 15) is 5.11 Å². The molecule has 0 fully saturated rings. The number of nitrogens with one attached hydrogen (secondary N) is 1. The van der Waals surface area contributed by atoms with Crippen LogP contribution < -0.4 is 5.32 Å². The normalized spacial score (nSPS) is 11.5. The zero-order valence-electron chi connectivity index (χ0n) is 18.1. The van der Waals surface area contributed by atoms with Crippen LogP contribution in [0.2, 0.25) is 0 Å². The lowest BCUT2D eigenvalue weighted by Gasteiger charge is -2.33. The molecule has 0 bridgehead atoms. The molecule has 29 heavy (non-hydrogen) atoms. The molecule has 5 heteroatoms. The van der Waals surface area contributed by atoms with E-state index in [0.29, 0.717) is 13.2 Å². The van der Waals surface area contributed by atoms with E-state index in [0.717, 1.165) is 12.1 Å². The van der Waals surface area contributed by atoms with Crippen molar-refractivity contribution in [3.8, 4) is 0 Å². The molecular weight excluding hydrogens is 362 g/mol. The summed E-state index contributed by atoms with van der Waals surface area (Å²) in [5.41, 5.74) is 1.84. The molecule has 0 heterocycles. The van der Waals surface area contributed by atoms with Crippen molar-refractivity contribution >= 4 is 0 Å². The Morgan fingerprint density at radius 1 is 0.862 bits per heavy atom. The van der Waals surface area contributed by atoms with Crippen LogP contribution in [0.4, 0.5) is 0 Å². The minimum Gasteiger partial charge on any atom is -0.394 e. The molecule has 0 saturated heterocycles. The van der Waals surface area contributed by atoms with Gasteiger partial charge in [0, 0.05) is 24.2 Å². The van der Waals surface area contributed by atoms with Crippen molar-refractivity contribution in [2.24, 2.45) is 0 Å². The first-order valence-electron chi connectivity index (χ1n) is 9.87. The largest absolute Gasteiger partial charge is 0.394 e. The van der Waals surface area contributed by atoms with Crippen molar-refractivity contribution in [2.75, 3.05) is 19.9 Å². The van der Waals surface area contributed by atoms with Crippen molar-refractivity contribution in [3.63, 3.8) is 0 Å². The van der Waals surface area contributed by atoms with Crippen LogP contribution in [0.5, 0.6) is 0 Å². The number of benzene rings is 2. The first kappa shape index (κ1) is 24.8. The molecule has 0 unspecified atom stereocenters. The predicted molar refractivity (Wildman–Crippen MR) is 119 cm³/mol. The molecule has 2 aromatic rings. The molecule has 0 aromatic heterocycles. The zero-order valence-corrected chi connectivity index (χ0v) is 18.1. The summed E-state index contributed by atoms with van der Waals surface area (Å²) in [5.74, 6) is 0. The van der Waals surface area contributed by atoms with Crippen LogP contribution in [-0.2, 0) is 13.1 Å². The summed E-state index contributed by atoms with van der Waals surface area (Å²) >= 11 is 0. The molecule has 0 atom stereocenters. The zero-order chi connectivity index (χ0) is 21.8. The molecule has 2 rings (SSSR count). The summed E-state index contributed by atoms with van der Waals surface area (Å²) in [6.07, 6.45) is 0. The highest BCUT2D eigenvalue weighted by Crippen LogP contribution is 2.17. The molecule has 2 aromatic carbocycles. The standard InChI is InChI=1S/C13H18N2O.C11H17NO/c1-13(2,10-16)15(11-14-3)9-12-7-5-4-6-8-12;1-11(2,9-13)12-8-10-6-4-3-5-7-10/h4-8,16H,9-11H2,1-2H3;3-7,12-13H,8-9H2,1-2H3.